The Balaban J connectivity index is 1.34. The number of carbonyl (C=O) groups is 1. The summed E-state index contributed by atoms with van der Waals surface area (Å²) < 4.78 is 5.38. The lowest BCUT2D eigenvalue weighted by molar-refractivity contribution is 0.0293. The zero-order valence-corrected chi connectivity index (χ0v) is 16.9. The Morgan fingerprint density at radius 1 is 1.16 bits per heavy atom. The second kappa shape index (κ2) is 8.26. The van der Waals surface area contributed by atoms with Crippen molar-refractivity contribution < 1.29 is 19.7 Å². The number of amides is 1. The van der Waals surface area contributed by atoms with E-state index in [9.17, 15) is 15.0 Å². The molecule has 1 amide bonds. The van der Waals surface area contributed by atoms with Gasteiger partial charge in [-0.1, -0.05) is 18.2 Å². The highest BCUT2D eigenvalue weighted by Crippen LogP contribution is 2.35. The largest absolute Gasteiger partial charge is 0.390 e. The van der Waals surface area contributed by atoms with Gasteiger partial charge in [-0.15, -0.1) is 0 Å². The Labute approximate surface area is 179 Å². The monoisotopic (exact) mass is 423 g/mol. The lowest BCUT2D eigenvalue weighted by Gasteiger charge is -2.28. The van der Waals surface area contributed by atoms with Gasteiger partial charge in [0.1, 0.15) is 11.9 Å². The third-order valence-corrected chi connectivity index (χ3v) is 6.13. The van der Waals surface area contributed by atoms with E-state index >= 15 is 0 Å². The van der Waals surface area contributed by atoms with Crippen molar-refractivity contribution in [1.29, 1.82) is 0 Å². The third kappa shape index (κ3) is 3.87. The van der Waals surface area contributed by atoms with Crippen LogP contribution in [0.5, 0.6) is 0 Å². The highest BCUT2D eigenvalue weighted by Gasteiger charge is 2.43. The molecule has 2 fully saturated rings. The molecular formula is C22H25N5O4. The highest BCUT2D eigenvalue weighted by molar-refractivity contribution is 5.94. The van der Waals surface area contributed by atoms with E-state index in [4.69, 9.17) is 4.74 Å². The molecule has 9 nitrogen and oxygen atoms in total. The number of anilines is 1. The third-order valence-electron chi connectivity index (χ3n) is 6.13. The first-order chi connectivity index (χ1) is 15.1. The summed E-state index contributed by atoms with van der Waals surface area (Å²) in [5.74, 6) is 0.366. The van der Waals surface area contributed by atoms with Crippen molar-refractivity contribution in [2.24, 2.45) is 0 Å². The molecule has 0 spiro atoms. The highest BCUT2D eigenvalue weighted by atomic mass is 16.5. The van der Waals surface area contributed by atoms with Crippen molar-refractivity contribution in [2.75, 3.05) is 31.2 Å². The van der Waals surface area contributed by atoms with E-state index in [2.05, 4.69) is 25.2 Å². The minimum absolute atomic E-state index is 0.175. The number of ether oxygens (including phenoxy) is 1. The summed E-state index contributed by atoms with van der Waals surface area (Å²) in [6, 6.07) is 10.6. The Bertz CT molecular complexity index is 1030. The number of pyridine rings is 1. The zero-order valence-electron chi connectivity index (χ0n) is 16.9. The van der Waals surface area contributed by atoms with E-state index in [1.165, 1.54) is 0 Å². The maximum Gasteiger partial charge on any atom is 0.287 e. The van der Waals surface area contributed by atoms with Crippen LogP contribution in [0.1, 0.15) is 28.5 Å². The summed E-state index contributed by atoms with van der Waals surface area (Å²) in [5, 5.41) is 23.7. The maximum atomic E-state index is 12.8. The lowest BCUT2D eigenvalue weighted by atomic mass is 9.94. The Morgan fingerprint density at radius 3 is 2.71 bits per heavy atom. The van der Waals surface area contributed by atoms with Crippen LogP contribution >= 0.6 is 0 Å². The van der Waals surface area contributed by atoms with Gasteiger partial charge < -0.3 is 30.2 Å². The first-order valence-corrected chi connectivity index (χ1v) is 10.5. The van der Waals surface area contributed by atoms with E-state index in [1.54, 1.807) is 6.20 Å². The minimum Gasteiger partial charge on any atom is -0.390 e. The number of hydrogen-bond donors (Lipinski definition) is 4. The molecule has 2 aliphatic rings. The molecule has 0 radical (unpaired) electrons. The number of fused-ring (bicyclic) bond motifs is 1. The smallest absolute Gasteiger partial charge is 0.287 e. The molecule has 9 heteroatoms. The van der Waals surface area contributed by atoms with E-state index in [1.807, 2.05) is 36.4 Å². The molecular weight excluding hydrogens is 398 g/mol. The fourth-order valence-corrected chi connectivity index (χ4v) is 4.43. The molecule has 5 rings (SSSR count). The summed E-state index contributed by atoms with van der Waals surface area (Å²) >= 11 is 0. The standard InChI is InChI=1S/C22H25N5O4/c28-17-11-14(13-5-6-18(23-12-13)27-7-9-31-10-8-27)19(20(17)29)26-22(30)21-24-15-3-1-2-4-16(15)25-21/h1-6,12,14,17,19-20,28-29H,7-11H2,(H,24,25)(H,26,30)/t14-,17-,19-,20-/m1/s1. The van der Waals surface area contributed by atoms with Crippen LogP contribution in [0.15, 0.2) is 42.6 Å². The van der Waals surface area contributed by atoms with Gasteiger partial charge in [0.05, 0.1) is 36.4 Å². The average molecular weight is 423 g/mol. The topological polar surface area (TPSA) is 124 Å². The van der Waals surface area contributed by atoms with Crippen molar-refractivity contribution in [1.82, 2.24) is 20.3 Å². The van der Waals surface area contributed by atoms with Crippen LogP contribution in [0.3, 0.4) is 0 Å². The fourth-order valence-electron chi connectivity index (χ4n) is 4.43. The van der Waals surface area contributed by atoms with E-state index in [-0.39, 0.29) is 11.7 Å². The minimum atomic E-state index is -1.07. The number of aliphatic hydroxyl groups is 2. The molecule has 0 bridgehead atoms. The predicted molar refractivity (Wildman–Crippen MR) is 114 cm³/mol. The van der Waals surface area contributed by atoms with Crippen molar-refractivity contribution in [3.8, 4) is 0 Å². The van der Waals surface area contributed by atoms with Crippen molar-refractivity contribution in [3.05, 3.63) is 54.0 Å². The average Bonchev–Trinajstić information content (AvgIpc) is 3.37. The van der Waals surface area contributed by atoms with E-state index in [0.29, 0.717) is 25.2 Å². The first-order valence-electron chi connectivity index (χ1n) is 10.5. The molecule has 4 N–H and O–H groups in total. The SMILES string of the molecule is O=C(N[C@H]1[C@H](O)[C@H](O)C[C@@H]1c1ccc(N2CCOCC2)nc1)c1nc2ccccc2[nH]1. The molecule has 3 aromatic rings. The summed E-state index contributed by atoms with van der Waals surface area (Å²) in [7, 11) is 0. The molecule has 162 valence electrons. The lowest BCUT2D eigenvalue weighted by Crippen LogP contribution is -2.45. The van der Waals surface area contributed by atoms with Crippen molar-refractivity contribution in [2.45, 2.75) is 30.6 Å². The van der Waals surface area contributed by atoms with Gasteiger partial charge in [0.25, 0.3) is 5.91 Å². The number of benzene rings is 1. The van der Waals surface area contributed by atoms with Crippen LogP contribution in [0.4, 0.5) is 5.82 Å². The van der Waals surface area contributed by atoms with Crippen LogP contribution in [0.25, 0.3) is 11.0 Å². The second-order valence-corrected chi connectivity index (χ2v) is 8.05. The van der Waals surface area contributed by atoms with Crippen molar-refractivity contribution in [3.63, 3.8) is 0 Å². The normalized spacial score (nSPS) is 26.3. The molecule has 2 aromatic heterocycles. The Hall–Kier alpha value is -3.01. The number of aromatic amines is 1. The number of H-pyrrole nitrogens is 1. The molecule has 1 aromatic carbocycles. The van der Waals surface area contributed by atoms with Gasteiger partial charge >= 0.3 is 0 Å². The first kappa shape index (κ1) is 19.9. The van der Waals surface area contributed by atoms with Gasteiger partial charge in [-0.05, 0) is 30.2 Å². The number of hydrogen-bond acceptors (Lipinski definition) is 7. The summed E-state index contributed by atoms with van der Waals surface area (Å²) in [6.45, 7) is 2.95. The number of carbonyl (C=O) groups excluding carboxylic acids is 1. The van der Waals surface area contributed by atoms with Crippen LogP contribution < -0.4 is 10.2 Å². The quantitative estimate of drug-likeness (QED) is 0.489. The number of aromatic nitrogens is 3. The Morgan fingerprint density at radius 2 is 1.97 bits per heavy atom. The predicted octanol–water partition coefficient (Wildman–Crippen LogP) is 0.802. The van der Waals surface area contributed by atoms with E-state index < -0.39 is 24.2 Å². The number of nitrogens with one attached hydrogen (secondary N) is 2. The number of imidazole rings is 1. The van der Waals surface area contributed by atoms with Crippen LogP contribution in [-0.2, 0) is 4.74 Å². The van der Waals surface area contributed by atoms with E-state index in [0.717, 1.165) is 30.0 Å². The van der Waals surface area contributed by atoms with Gasteiger partial charge in [-0.25, -0.2) is 9.97 Å². The van der Waals surface area contributed by atoms with Crippen LogP contribution in [-0.4, -0.2) is 75.6 Å². The molecule has 31 heavy (non-hydrogen) atoms. The van der Waals surface area contributed by atoms with Gasteiger partial charge in [0.2, 0.25) is 0 Å². The molecule has 4 atom stereocenters. The fraction of sp³-hybridized carbons (Fsp3) is 0.409. The number of para-hydroxylation sites is 2. The second-order valence-electron chi connectivity index (χ2n) is 8.05. The molecule has 1 aliphatic heterocycles. The number of morpholine rings is 1. The summed E-state index contributed by atoms with van der Waals surface area (Å²) in [6.07, 6.45) is 0.105. The number of rotatable bonds is 4. The molecule has 1 saturated carbocycles. The van der Waals surface area contributed by atoms with Crippen molar-refractivity contribution >= 4 is 22.8 Å². The molecule has 3 heterocycles. The molecule has 0 unspecified atom stereocenters. The van der Waals surface area contributed by atoms with Gasteiger partial charge in [-0.2, -0.15) is 0 Å². The maximum absolute atomic E-state index is 12.8. The number of nitrogens with zero attached hydrogens (tertiary/aromatic N) is 3. The van der Waals surface area contributed by atoms with Crippen LogP contribution in [0, 0.1) is 0 Å². The zero-order chi connectivity index (χ0) is 21.4. The van der Waals surface area contributed by atoms with Gasteiger partial charge in [-0.3, -0.25) is 4.79 Å². The molecule has 1 saturated heterocycles. The summed E-state index contributed by atoms with van der Waals surface area (Å²) in [4.78, 5) is 26.9. The van der Waals surface area contributed by atoms with Gasteiger partial charge in [0, 0.05) is 25.2 Å². The molecule has 1 aliphatic carbocycles. The van der Waals surface area contributed by atoms with Crippen LogP contribution in [0.2, 0.25) is 0 Å². The summed E-state index contributed by atoms with van der Waals surface area (Å²) in [5.41, 5.74) is 2.32. The Kier molecular flexibility index (Phi) is 5.31. The number of aliphatic hydroxyl groups excluding tert-OH is 2. The van der Waals surface area contributed by atoms with Gasteiger partial charge in [0.15, 0.2) is 5.82 Å².